The van der Waals surface area contributed by atoms with Crippen LogP contribution >= 0.6 is 0 Å². The van der Waals surface area contributed by atoms with E-state index in [0.717, 1.165) is 19.3 Å². The fourth-order valence-electron chi connectivity index (χ4n) is 6.21. The monoisotopic (exact) mass is 866 g/mol. The second kappa shape index (κ2) is 33.9. The summed E-state index contributed by atoms with van der Waals surface area (Å²) in [5.41, 5.74) is 0.510. The minimum atomic E-state index is -0.896. The lowest BCUT2D eigenvalue weighted by molar-refractivity contribution is -0.135. The zero-order valence-corrected chi connectivity index (χ0v) is 38.8. The third kappa shape index (κ3) is 30.1. The van der Waals surface area contributed by atoms with Gasteiger partial charge >= 0.3 is 0 Å². The van der Waals surface area contributed by atoms with E-state index in [0.29, 0.717) is 50.7 Å². The Hall–Kier alpha value is -3.66. The number of ether oxygens (including phenoxy) is 4. The lowest BCUT2D eigenvalue weighted by Gasteiger charge is -2.24. The summed E-state index contributed by atoms with van der Waals surface area (Å²) < 4.78 is 21.7. The molecule has 0 saturated carbocycles. The zero-order valence-electron chi connectivity index (χ0n) is 38.8. The summed E-state index contributed by atoms with van der Waals surface area (Å²) >= 11 is 0. The quantitative estimate of drug-likeness (QED) is 0.0545. The molecule has 0 fully saturated rings. The van der Waals surface area contributed by atoms with E-state index in [9.17, 15) is 38.4 Å². The Bertz CT molecular complexity index is 1380. The average Bonchev–Trinajstić information content (AvgIpc) is 3.18. The lowest BCUT2D eigenvalue weighted by atomic mass is 9.88. The van der Waals surface area contributed by atoms with Crippen LogP contribution in [0.3, 0.4) is 0 Å². The molecule has 0 saturated heterocycles. The number of Topliss-reactive ketones (excluding diaryl/α,β-unsaturated/α-hetero) is 5. The van der Waals surface area contributed by atoms with E-state index in [-0.39, 0.29) is 118 Å². The first-order chi connectivity index (χ1) is 28.7. The van der Waals surface area contributed by atoms with E-state index in [1.165, 1.54) is 0 Å². The molecule has 0 aliphatic heterocycles. The van der Waals surface area contributed by atoms with Crippen molar-refractivity contribution < 1.29 is 57.3 Å². The van der Waals surface area contributed by atoms with Crippen LogP contribution in [0.2, 0.25) is 0 Å². The molecule has 0 aliphatic rings. The lowest BCUT2D eigenvalue weighted by Crippen LogP contribution is -2.46. The Morgan fingerprint density at radius 1 is 0.525 bits per heavy atom. The SMILES string of the molecule is C=C(C)C(=O)CCCOCCOCC(=O)NC(C)C(=O)CC(CC(C)C)C(=O)NC(C)C(=O)CC(CC(C)C)C(=O)NCCOCCOCC(=O)CCCCCC(=O)C(C)C. The summed E-state index contributed by atoms with van der Waals surface area (Å²) in [7, 11) is 0. The van der Waals surface area contributed by atoms with Gasteiger partial charge in [0.15, 0.2) is 23.1 Å². The third-order valence-electron chi connectivity index (χ3n) is 9.83. The number of carbonyl (C=O) groups excluding carboxylic acids is 8. The maximum absolute atomic E-state index is 13.4. The van der Waals surface area contributed by atoms with Crippen molar-refractivity contribution in [2.24, 2.45) is 29.6 Å². The second-order valence-corrected chi connectivity index (χ2v) is 17.2. The largest absolute Gasteiger partial charge is 0.379 e. The molecule has 61 heavy (non-hydrogen) atoms. The van der Waals surface area contributed by atoms with Gasteiger partial charge in [-0.3, -0.25) is 38.4 Å². The number of hydrogen-bond acceptors (Lipinski definition) is 12. The molecular formula is C46H79N3O12. The molecule has 0 radical (unpaired) electrons. The van der Waals surface area contributed by atoms with Crippen molar-refractivity contribution in [1.82, 2.24) is 16.0 Å². The smallest absolute Gasteiger partial charge is 0.246 e. The van der Waals surface area contributed by atoms with Gasteiger partial charge in [0, 0.05) is 63.0 Å². The number of ketones is 5. The van der Waals surface area contributed by atoms with Gasteiger partial charge in [0.1, 0.15) is 19.0 Å². The van der Waals surface area contributed by atoms with Crippen molar-refractivity contribution in [3.63, 3.8) is 0 Å². The number of allylic oxidation sites excluding steroid dienone is 1. The fourth-order valence-corrected chi connectivity index (χ4v) is 6.21. The predicted molar refractivity (Wildman–Crippen MR) is 234 cm³/mol. The van der Waals surface area contributed by atoms with E-state index >= 15 is 0 Å². The molecule has 350 valence electrons. The van der Waals surface area contributed by atoms with Gasteiger partial charge < -0.3 is 34.9 Å². The van der Waals surface area contributed by atoms with E-state index in [1.807, 2.05) is 41.5 Å². The molecule has 0 aromatic heterocycles. The van der Waals surface area contributed by atoms with Crippen LogP contribution in [0.1, 0.15) is 133 Å². The molecule has 0 spiro atoms. The number of unbranched alkanes of at least 4 members (excludes halogenated alkanes) is 2. The van der Waals surface area contributed by atoms with Crippen LogP contribution in [-0.2, 0) is 57.3 Å². The Kier molecular flexibility index (Phi) is 31.9. The van der Waals surface area contributed by atoms with Gasteiger partial charge in [0.25, 0.3) is 0 Å². The summed E-state index contributed by atoms with van der Waals surface area (Å²) in [6.07, 6.45) is 4.86. The molecule has 0 rings (SSSR count). The predicted octanol–water partition coefficient (Wildman–Crippen LogP) is 5.09. The molecule has 4 atom stereocenters. The van der Waals surface area contributed by atoms with Gasteiger partial charge in [-0.15, -0.1) is 0 Å². The van der Waals surface area contributed by atoms with Crippen LogP contribution in [0.15, 0.2) is 12.2 Å². The first kappa shape index (κ1) is 57.3. The standard InChI is InChI=1S/C46H79N3O12/c1-31(2)25-37(45(56)47-18-20-59-22-23-60-29-39(50)15-12-11-13-16-40(51)33(5)6)27-43(54)36(10)49-46(57)38(26-32(3)4)28-42(53)35(9)48-44(55)30-61-24-21-58-19-14-17-41(52)34(7)8/h31-33,35-38H,7,11-30H2,1-6,8-10H3,(H,47,56)(H,48,55)(H,49,57). The average molecular weight is 866 g/mol. The normalized spacial score (nSPS) is 13.4. The Labute approximate surface area is 365 Å². The van der Waals surface area contributed by atoms with Gasteiger partial charge in [-0.2, -0.15) is 0 Å². The molecule has 0 heterocycles. The van der Waals surface area contributed by atoms with Crippen LogP contribution in [0, 0.1) is 29.6 Å². The summed E-state index contributed by atoms with van der Waals surface area (Å²) in [6, 6.07) is -1.77. The molecule has 0 aromatic carbocycles. The summed E-state index contributed by atoms with van der Waals surface area (Å²) in [6.45, 7) is 21.4. The Balaban J connectivity index is 4.70. The number of carbonyl (C=O) groups is 8. The number of hydrogen-bond donors (Lipinski definition) is 3. The van der Waals surface area contributed by atoms with E-state index < -0.39 is 35.7 Å². The number of rotatable bonds is 39. The zero-order chi connectivity index (χ0) is 46.3. The molecule has 3 N–H and O–H groups in total. The third-order valence-corrected chi connectivity index (χ3v) is 9.83. The molecule has 4 unspecified atom stereocenters. The van der Waals surface area contributed by atoms with Crippen molar-refractivity contribution >= 4 is 46.6 Å². The molecule has 15 heteroatoms. The molecule has 15 nitrogen and oxygen atoms in total. The second-order valence-electron chi connectivity index (χ2n) is 17.2. The number of nitrogens with one attached hydrogen (secondary N) is 3. The fraction of sp³-hybridized carbons (Fsp3) is 0.783. The topological polar surface area (TPSA) is 210 Å². The van der Waals surface area contributed by atoms with Gasteiger partial charge in [-0.1, -0.05) is 54.5 Å². The van der Waals surface area contributed by atoms with E-state index in [1.54, 1.807) is 20.8 Å². The summed E-state index contributed by atoms with van der Waals surface area (Å²) in [4.78, 5) is 101. The van der Waals surface area contributed by atoms with Crippen molar-refractivity contribution in [1.29, 1.82) is 0 Å². The highest BCUT2D eigenvalue weighted by Gasteiger charge is 2.30. The van der Waals surface area contributed by atoms with E-state index in [4.69, 9.17) is 18.9 Å². The minimum Gasteiger partial charge on any atom is -0.379 e. The maximum atomic E-state index is 13.4. The molecule has 3 amide bonds. The maximum Gasteiger partial charge on any atom is 0.246 e. The summed E-state index contributed by atoms with van der Waals surface area (Å²) in [5, 5.41) is 8.20. The van der Waals surface area contributed by atoms with Gasteiger partial charge in [0.05, 0.1) is 45.1 Å². The van der Waals surface area contributed by atoms with Crippen molar-refractivity contribution in [2.75, 3.05) is 59.4 Å². The van der Waals surface area contributed by atoms with Crippen molar-refractivity contribution in [3.8, 4) is 0 Å². The first-order valence-corrected chi connectivity index (χ1v) is 22.2. The Morgan fingerprint density at radius 3 is 1.59 bits per heavy atom. The number of amides is 3. The van der Waals surface area contributed by atoms with Gasteiger partial charge in [-0.05, 0) is 70.3 Å². The molecular weight excluding hydrogens is 787 g/mol. The highest BCUT2D eigenvalue weighted by molar-refractivity contribution is 5.95. The van der Waals surface area contributed by atoms with Gasteiger partial charge in [-0.25, -0.2) is 0 Å². The van der Waals surface area contributed by atoms with Crippen LogP contribution in [0.25, 0.3) is 0 Å². The van der Waals surface area contributed by atoms with Crippen LogP contribution in [0.4, 0.5) is 0 Å². The van der Waals surface area contributed by atoms with Crippen molar-refractivity contribution in [3.05, 3.63) is 12.2 Å². The highest BCUT2D eigenvalue weighted by atomic mass is 16.5. The van der Waals surface area contributed by atoms with Crippen LogP contribution in [0.5, 0.6) is 0 Å². The minimum absolute atomic E-state index is 0.00325. The highest BCUT2D eigenvalue weighted by Crippen LogP contribution is 2.20. The van der Waals surface area contributed by atoms with Gasteiger partial charge in [0.2, 0.25) is 17.7 Å². The molecule has 0 aromatic rings. The molecule has 0 aliphatic carbocycles. The summed E-state index contributed by atoms with van der Waals surface area (Å²) in [5.74, 6) is -2.74. The molecule has 0 bridgehead atoms. The Morgan fingerprint density at radius 2 is 1.03 bits per heavy atom. The van der Waals surface area contributed by atoms with Crippen molar-refractivity contribution in [2.45, 2.75) is 145 Å². The van der Waals surface area contributed by atoms with Crippen LogP contribution < -0.4 is 16.0 Å². The van der Waals surface area contributed by atoms with Crippen LogP contribution in [-0.4, -0.2) is 118 Å². The van der Waals surface area contributed by atoms with E-state index in [2.05, 4.69) is 22.5 Å². The first-order valence-electron chi connectivity index (χ1n) is 22.2.